The summed E-state index contributed by atoms with van der Waals surface area (Å²) >= 11 is 3.20. The SMILES string of the molecule is COC(=O)c1ccc(S(=O)(=O)NCCC2CCNC2)c(Br)c1.Cl. The van der Waals surface area contributed by atoms with Crippen LogP contribution < -0.4 is 10.0 Å². The Hall–Kier alpha value is -0.670. The van der Waals surface area contributed by atoms with E-state index < -0.39 is 16.0 Å². The molecule has 6 nitrogen and oxygen atoms in total. The fraction of sp³-hybridized carbons (Fsp3) is 0.500. The van der Waals surface area contributed by atoms with Crippen LogP contribution in [0.2, 0.25) is 0 Å². The molecule has 23 heavy (non-hydrogen) atoms. The third kappa shape index (κ3) is 5.42. The number of carbonyl (C=O) groups excluding carboxylic acids is 1. The van der Waals surface area contributed by atoms with E-state index in [4.69, 9.17) is 0 Å². The maximum absolute atomic E-state index is 12.3. The molecule has 0 radical (unpaired) electrons. The number of carbonyl (C=O) groups is 1. The molecule has 1 aliphatic rings. The third-order valence-corrected chi connectivity index (χ3v) is 6.09. The van der Waals surface area contributed by atoms with Crippen LogP contribution in [0.25, 0.3) is 0 Å². The normalized spacial score (nSPS) is 17.6. The molecule has 1 fully saturated rings. The summed E-state index contributed by atoms with van der Waals surface area (Å²) in [5.41, 5.74) is 0.297. The number of halogens is 2. The smallest absolute Gasteiger partial charge is 0.337 e. The summed E-state index contributed by atoms with van der Waals surface area (Å²) in [6.07, 6.45) is 1.89. The monoisotopic (exact) mass is 426 g/mol. The fourth-order valence-corrected chi connectivity index (χ4v) is 4.52. The van der Waals surface area contributed by atoms with Crippen molar-refractivity contribution < 1.29 is 17.9 Å². The second kappa shape index (κ2) is 8.98. The molecule has 0 spiro atoms. The van der Waals surface area contributed by atoms with E-state index in [1.54, 1.807) is 0 Å². The lowest BCUT2D eigenvalue weighted by atomic mass is 10.1. The van der Waals surface area contributed by atoms with Crippen molar-refractivity contribution in [3.63, 3.8) is 0 Å². The molecule has 1 unspecified atom stereocenters. The zero-order chi connectivity index (χ0) is 16.2. The number of methoxy groups -OCH3 is 1. The number of hydrogen-bond acceptors (Lipinski definition) is 5. The van der Waals surface area contributed by atoms with Gasteiger partial charge in [0, 0.05) is 11.0 Å². The summed E-state index contributed by atoms with van der Waals surface area (Å²) in [5.74, 6) is 0.0131. The maximum Gasteiger partial charge on any atom is 0.337 e. The topological polar surface area (TPSA) is 84.5 Å². The Labute approximate surface area is 151 Å². The number of sulfonamides is 1. The molecule has 1 atom stereocenters. The van der Waals surface area contributed by atoms with Crippen molar-refractivity contribution in [1.82, 2.24) is 10.0 Å². The lowest BCUT2D eigenvalue weighted by Crippen LogP contribution is -2.27. The minimum Gasteiger partial charge on any atom is -0.465 e. The molecule has 0 aliphatic carbocycles. The highest BCUT2D eigenvalue weighted by atomic mass is 79.9. The summed E-state index contributed by atoms with van der Waals surface area (Å²) in [6, 6.07) is 4.28. The van der Waals surface area contributed by atoms with E-state index in [0.717, 1.165) is 25.9 Å². The number of esters is 1. The van der Waals surface area contributed by atoms with Gasteiger partial charge in [0.2, 0.25) is 10.0 Å². The molecule has 2 rings (SSSR count). The van der Waals surface area contributed by atoms with Gasteiger partial charge in [-0.1, -0.05) is 0 Å². The standard InChI is InChI=1S/C14H19BrN2O4S.ClH/c1-21-14(18)11-2-3-13(12(15)8-11)22(19,20)17-7-5-10-4-6-16-9-10;/h2-3,8,10,16-17H,4-7,9H2,1H3;1H. The molecular weight excluding hydrogens is 408 g/mol. The zero-order valence-corrected chi connectivity index (χ0v) is 15.9. The predicted molar refractivity (Wildman–Crippen MR) is 93.5 cm³/mol. The molecule has 0 bridgehead atoms. The lowest BCUT2D eigenvalue weighted by molar-refractivity contribution is 0.0600. The minimum atomic E-state index is -3.60. The van der Waals surface area contributed by atoms with E-state index in [1.807, 2.05) is 0 Å². The van der Waals surface area contributed by atoms with Crippen molar-refractivity contribution in [2.45, 2.75) is 17.7 Å². The third-order valence-electron chi connectivity index (χ3n) is 3.65. The molecule has 1 aliphatic heterocycles. The average Bonchev–Trinajstić information content (AvgIpc) is 2.99. The van der Waals surface area contributed by atoms with Crippen molar-refractivity contribution in [3.8, 4) is 0 Å². The highest BCUT2D eigenvalue weighted by Crippen LogP contribution is 2.23. The quantitative estimate of drug-likeness (QED) is 0.678. The van der Waals surface area contributed by atoms with Crippen molar-refractivity contribution in [3.05, 3.63) is 28.2 Å². The second-order valence-corrected chi connectivity index (χ2v) is 7.77. The molecule has 0 aromatic heterocycles. The minimum absolute atomic E-state index is 0. The first-order valence-corrected chi connectivity index (χ1v) is 9.30. The molecule has 1 aromatic rings. The summed E-state index contributed by atoms with van der Waals surface area (Å²) in [7, 11) is -2.32. The van der Waals surface area contributed by atoms with Gasteiger partial charge in [-0.2, -0.15) is 0 Å². The van der Waals surface area contributed by atoms with Gasteiger partial charge in [-0.15, -0.1) is 12.4 Å². The van der Waals surface area contributed by atoms with E-state index in [-0.39, 0.29) is 17.3 Å². The molecule has 1 aromatic carbocycles. The Morgan fingerprint density at radius 2 is 2.22 bits per heavy atom. The maximum atomic E-state index is 12.3. The van der Waals surface area contributed by atoms with Gasteiger partial charge < -0.3 is 10.1 Å². The fourth-order valence-electron chi connectivity index (χ4n) is 2.40. The van der Waals surface area contributed by atoms with Gasteiger partial charge in [0.1, 0.15) is 0 Å². The van der Waals surface area contributed by atoms with Crippen LogP contribution in [-0.2, 0) is 14.8 Å². The van der Waals surface area contributed by atoms with Gasteiger partial charge in [-0.25, -0.2) is 17.9 Å². The van der Waals surface area contributed by atoms with E-state index in [9.17, 15) is 13.2 Å². The molecule has 9 heteroatoms. The molecule has 2 N–H and O–H groups in total. The van der Waals surface area contributed by atoms with Crippen LogP contribution >= 0.6 is 28.3 Å². The first-order chi connectivity index (χ1) is 10.4. The first kappa shape index (κ1) is 20.4. The average molecular weight is 428 g/mol. The Kier molecular flexibility index (Phi) is 7.96. The van der Waals surface area contributed by atoms with Crippen LogP contribution in [0.5, 0.6) is 0 Å². The Balaban J connectivity index is 0.00000264. The molecule has 1 heterocycles. The van der Waals surface area contributed by atoms with Gasteiger partial charge >= 0.3 is 5.97 Å². The van der Waals surface area contributed by atoms with Gasteiger partial charge in [0.25, 0.3) is 0 Å². The highest BCUT2D eigenvalue weighted by molar-refractivity contribution is 9.10. The number of benzene rings is 1. The van der Waals surface area contributed by atoms with Crippen LogP contribution in [0.4, 0.5) is 0 Å². The predicted octanol–water partition coefficient (Wildman–Crippen LogP) is 1.94. The van der Waals surface area contributed by atoms with Gasteiger partial charge in [-0.05, 0) is 66.0 Å². The van der Waals surface area contributed by atoms with Crippen molar-refractivity contribution in [2.24, 2.45) is 5.92 Å². The van der Waals surface area contributed by atoms with Crippen LogP contribution in [0.3, 0.4) is 0 Å². The Bertz CT molecular complexity index is 648. The van der Waals surface area contributed by atoms with Crippen LogP contribution in [0.15, 0.2) is 27.6 Å². The number of rotatable bonds is 6. The molecule has 0 amide bonds. The van der Waals surface area contributed by atoms with E-state index in [2.05, 4.69) is 30.7 Å². The first-order valence-electron chi connectivity index (χ1n) is 7.02. The number of ether oxygens (including phenoxy) is 1. The highest BCUT2D eigenvalue weighted by Gasteiger charge is 2.20. The van der Waals surface area contributed by atoms with Crippen molar-refractivity contribution >= 4 is 44.3 Å². The summed E-state index contributed by atoms with van der Waals surface area (Å²) in [4.78, 5) is 11.5. The van der Waals surface area contributed by atoms with Gasteiger partial charge in [0.05, 0.1) is 17.6 Å². The number of hydrogen-bond donors (Lipinski definition) is 2. The second-order valence-electron chi connectivity index (χ2n) is 5.18. The summed E-state index contributed by atoms with van der Waals surface area (Å²) < 4.78 is 32.2. The van der Waals surface area contributed by atoms with Crippen LogP contribution in [-0.4, -0.2) is 41.1 Å². The largest absolute Gasteiger partial charge is 0.465 e. The van der Waals surface area contributed by atoms with E-state index >= 15 is 0 Å². The Morgan fingerprint density at radius 1 is 1.48 bits per heavy atom. The molecule has 1 saturated heterocycles. The lowest BCUT2D eigenvalue weighted by Gasteiger charge is -2.11. The molecular formula is C14H20BrClN2O4S. The van der Waals surface area contributed by atoms with Crippen molar-refractivity contribution in [1.29, 1.82) is 0 Å². The van der Waals surface area contributed by atoms with E-state index in [1.165, 1.54) is 25.3 Å². The van der Waals surface area contributed by atoms with Crippen molar-refractivity contribution in [2.75, 3.05) is 26.7 Å². The van der Waals surface area contributed by atoms with Gasteiger partial charge in [0.15, 0.2) is 0 Å². The molecule has 0 saturated carbocycles. The summed E-state index contributed by atoms with van der Waals surface area (Å²) in [5, 5.41) is 3.25. The Morgan fingerprint density at radius 3 is 2.78 bits per heavy atom. The van der Waals surface area contributed by atoms with Gasteiger partial charge in [-0.3, -0.25) is 0 Å². The zero-order valence-electron chi connectivity index (χ0n) is 12.7. The number of nitrogens with one attached hydrogen (secondary N) is 2. The van der Waals surface area contributed by atoms with E-state index in [0.29, 0.717) is 22.5 Å². The summed E-state index contributed by atoms with van der Waals surface area (Å²) in [6.45, 7) is 2.34. The van der Waals surface area contributed by atoms with Crippen LogP contribution in [0, 0.1) is 5.92 Å². The van der Waals surface area contributed by atoms with Crippen LogP contribution in [0.1, 0.15) is 23.2 Å². The molecule has 130 valence electrons.